The van der Waals surface area contributed by atoms with Crippen LogP contribution >= 0.6 is 0 Å². The number of carbonyl (C=O) groups is 1. The number of amides is 1. The maximum absolute atomic E-state index is 11.7. The molecule has 6 nitrogen and oxygen atoms in total. The zero-order valence-electron chi connectivity index (χ0n) is 10.6. The van der Waals surface area contributed by atoms with Crippen LogP contribution in [0.1, 0.15) is 26.0 Å². The lowest BCUT2D eigenvalue weighted by Crippen LogP contribution is -2.47. The van der Waals surface area contributed by atoms with Gasteiger partial charge in [-0.2, -0.15) is 0 Å². The molecule has 4 N–H and O–H groups in total. The third-order valence-corrected chi connectivity index (χ3v) is 2.60. The molecule has 0 aliphatic carbocycles. The van der Waals surface area contributed by atoms with Crippen LogP contribution in [0.5, 0.6) is 0 Å². The van der Waals surface area contributed by atoms with Crippen molar-refractivity contribution in [2.45, 2.75) is 32.7 Å². The summed E-state index contributed by atoms with van der Waals surface area (Å²) in [7, 11) is 0. The lowest BCUT2D eigenvalue weighted by molar-refractivity contribution is -0.121. The first-order valence-corrected chi connectivity index (χ1v) is 5.83. The fraction of sp³-hybridized carbons (Fsp3) is 0.500. The van der Waals surface area contributed by atoms with Crippen LogP contribution in [0.15, 0.2) is 28.0 Å². The molecule has 0 fully saturated rings. The Balaban J connectivity index is 2.46. The van der Waals surface area contributed by atoms with Gasteiger partial charge in [-0.3, -0.25) is 4.79 Å². The Morgan fingerprint density at radius 3 is 2.83 bits per heavy atom. The monoisotopic (exact) mass is 253 g/mol. The number of rotatable bonds is 6. The molecule has 1 amide bonds. The molecule has 0 bridgehead atoms. The number of nitrogens with two attached hydrogens (primary N) is 1. The van der Waals surface area contributed by atoms with Crippen molar-refractivity contribution in [2.24, 2.45) is 16.8 Å². The van der Waals surface area contributed by atoms with E-state index in [1.54, 1.807) is 12.3 Å². The van der Waals surface area contributed by atoms with Gasteiger partial charge in [0.1, 0.15) is 5.76 Å². The Bertz CT molecular complexity index is 399. The molecule has 1 heterocycles. The number of hydrogen-bond donors (Lipinski definition) is 3. The van der Waals surface area contributed by atoms with Crippen molar-refractivity contribution in [3.05, 3.63) is 24.2 Å². The maximum Gasteiger partial charge on any atom is 0.221 e. The number of furan rings is 1. The van der Waals surface area contributed by atoms with Gasteiger partial charge >= 0.3 is 0 Å². The topological polar surface area (TPSA) is 101 Å². The highest BCUT2D eigenvalue weighted by Crippen LogP contribution is 2.05. The summed E-state index contributed by atoms with van der Waals surface area (Å²) in [6, 6.07) is 3.14. The van der Waals surface area contributed by atoms with E-state index in [4.69, 9.17) is 15.4 Å². The maximum atomic E-state index is 11.7. The van der Waals surface area contributed by atoms with Gasteiger partial charge in [-0.15, -0.1) is 0 Å². The van der Waals surface area contributed by atoms with Crippen LogP contribution < -0.4 is 11.1 Å². The molecular formula is C12H19N3O3. The highest BCUT2D eigenvalue weighted by Gasteiger charge is 2.20. The van der Waals surface area contributed by atoms with Crippen LogP contribution in [0.3, 0.4) is 0 Å². The van der Waals surface area contributed by atoms with Gasteiger partial charge in [0, 0.05) is 12.8 Å². The second kappa shape index (κ2) is 6.68. The molecule has 1 aromatic rings. The van der Waals surface area contributed by atoms with Crippen LogP contribution in [0.2, 0.25) is 0 Å². The number of hydrogen-bond acceptors (Lipinski definition) is 4. The Kier molecular flexibility index (Phi) is 5.23. The van der Waals surface area contributed by atoms with Crippen molar-refractivity contribution in [3.63, 3.8) is 0 Å². The summed E-state index contributed by atoms with van der Waals surface area (Å²) in [5.41, 5.74) is 5.52. The van der Waals surface area contributed by atoms with Gasteiger partial charge in [0.25, 0.3) is 0 Å². The first-order chi connectivity index (χ1) is 8.54. The van der Waals surface area contributed by atoms with Gasteiger partial charge in [-0.05, 0) is 18.1 Å². The molecule has 0 aliphatic rings. The predicted molar refractivity (Wildman–Crippen MR) is 67.2 cm³/mol. The number of carbonyl (C=O) groups excluding carboxylic acids is 1. The Labute approximate surface area is 106 Å². The quantitative estimate of drug-likeness (QED) is 0.306. The average Bonchev–Trinajstić information content (AvgIpc) is 2.85. The first kappa shape index (κ1) is 14.1. The highest BCUT2D eigenvalue weighted by molar-refractivity contribution is 5.90. The van der Waals surface area contributed by atoms with E-state index in [0.717, 1.165) is 5.76 Å². The zero-order valence-corrected chi connectivity index (χ0v) is 10.6. The molecule has 0 radical (unpaired) electrons. The Hall–Kier alpha value is -1.98. The van der Waals surface area contributed by atoms with Gasteiger partial charge in [0.2, 0.25) is 5.91 Å². The van der Waals surface area contributed by atoms with E-state index in [2.05, 4.69) is 10.5 Å². The molecule has 0 aliphatic heterocycles. The third-order valence-electron chi connectivity index (χ3n) is 2.60. The molecule has 0 spiro atoms. The van der Waals surface area contributed by atoms with Crippen molar-refractivity contribution >= 4 is 11.7 Å². The molecule has 0 saturated carbocycles. The average molecular weight is 253 g/mol. The van der Waals surface area contributed by atoms with Gasteiger partial charge in [-0.1, -0.05) is 19.0 Å². The molecule has 1 aromatic heterocycles. The fourth-order valence-corrected chi connectivity index (χ4v) is 1.58. The van der Waals surface area contributed by atoms with Gasteiger partial charge in [0.15, 0.2) is 5.84 Å². The molecule has 1 rings (SSSR count). The van der Waals surface area contributed by atoms with E-state index >= 15 is 0 Å². The lowest BCUT2D eigenvalue weighted by atomic mass is 10.0. The fourth-order valence-electron chi connectivity index (χ4n) is 1.58. The summed E-state index contributed by atoms with van der Waals surface area (Å²) in [4.78, 5) is 11.7. The first-order valence-electron chi connectivity index (χ1n) is 5.83. The summed E-state index contributed by atoms with van der Waals surface area (Å²) in [6.07, 6.45) is 2.40. The van der Waals surface area contributed by atoms with Crippen molar-refractivity contribution < 1.29 is 14.4 Å². The second-order valence-electron chi connectivity index (χ2n) is 4.39. The summed E-state index contributed by atoms with van der Waals surface area (Å²) < 4.78 is 5.14. The number of nitrogens with zero attached hydrogens (tertiary/aromatic N) is 1. The number of aryl methyl sites for hydroxylation is 1. The van der Waals surface area contributed by atoms with E-state index in [0.29, 0.717) is 12.8 Å². The minimum absolute atomic E-state index is 0.0105. The molecule has 100 valence electrons. The van der Waals surface area contributed by atoms with Crippen molar-refractivity contribution in [1.29, 1.82) is 0 Å². The van der Waals surface area contributed by atoms with E-state index in [-0.39, 0.29) is 17.7 Å². The van der Waals surface area contributed by atoms with Crippen molar-refractivity contribution in [2.75, 3.05) is 0 Å². The third kappa shape index (κ3) is 4.12. The molecule has 0 saturated heterocycles. The zero-order chi connectivity index (χ0) is 13.5. The minimum Gasteiger partial charge on any atom is -0.469 e. The van der Waals surface area contributed by atoms with E-state index in [1.165, 1.54) is 0 Å². The number of nitrogens with one attached hydrogen (secondary N) is 1. The summed E-state index contributed by atoms with van der Waals surface area (Å²) in [5.74, 6) is 0.663. The predicted octanol–water partition coefficient (Wildman–Crippen LogP) is 1.10. The molecule has 6 heteroatoms. The van der Waals surface area contributed by atoms with Crippen LogP contribution in [0, 0.1) is 5.92 Å². The van der Waals surface area contributed by atoms with E-state index < -0.39 is 6.04 Å². The molecular weight excluding hydrogens is 234 g/mol. The lowest BCUT2D eigenvalue weighted by Gasteiger charge is -2.20. The SMILES string of the molecule is CC(C)C(NC(=O)CCc1ccco1)C(N)=NO. The Morgan fingerprint density at radius 2 is 2.33 bits per heavy atom. The van der Waals surface area contributed by atoms with Crippen molar-refractivity contribution in [1.82, 2.24) is 5.32 Å². The second-order valence-corrected chi connectivity index (χ2v) is 4.39. The van der Waals surface area contributed by atoms with Crippen LogP contribution in [0.4, 0.5) is 0 Å². The van der Waals surface area contributed by atoms with Crippen molar-refractivity contribution in [3.8, 4) is 0 Å². The van der Waals surface area contributed by atoms with Gasteiger partial charge in [0.05, 0.1) is 12.3 Å². The van der Waals surface area contributed by atoms with E-state index in [1.807, 2.05) is 19.9 Å². The van der Waals surface area contributed by atoms with Gasteiger partial charge in [-0.25, -0.2) is 0 Å². The number of amidine groups is 1. The number of oxime groups is 1. The van der Waals surface area contributed by atoms with Crippen LogP contribution in [-0.2, 0) is 11.2 Å². The Morgan fingerprint density at radius 1 is 1.61 bits per heavy atom. The standard InChI is InChI=1S/C12H19N3O3/c1-8(2)11(12(13)15-17)14-10(16)6-5-9-4-3-7-18-9/h3-4,7-8,11,17H,5-6H2,1-2H3,(H2,13,15)(H,14,16). The molecule has 18 heavy (non-hydrogen) atoms. The summed E-state index contributed by atoms with van der Waals surface area (Å²) in [5, 5.41) is 14.3. The van der Waals surface area contributed by atoms with Crippen LogP contribution in [-0.4, -0.2) is 23.0 Å². The van der Waals surface area contributed by atoms with E-state index in [9.17, 15) is 4.79 Å². The summed E-state index contributed by atoms with van der Waals surface area (Å²) in [6.45, 7) is 3.77. The highest BCUT2D eigenvalue weighted by atomic mass is 16.4. The minimum atomic E-state index is -0.459. The normalized spacial score (nSPS) is 13.6. The largest absolute Gasteiger partial charge is 0.469 e. The molecule has 1 atom stereocenters. The van der Waals surface area contributed by atoms with Gasteiger partial charge < -0.3 is 20.7 Å². The van der Waals surface area contributed by atoms with Crippen LogP contribution in [0.25, 0.3) is 0 Å². The smallest absolute Gasteiger partial charge is 0.221 e. The summed E-state index contributed by atoms with van der Waals surface area (Å²) >= 11 is 0. The molecule has 1 unspecified atom stereocenters. The molecule has 0 aromatic carbocycles.